The molecule has 5 unspecified atom stereocenters. The van der Waals surface area contributed by atoms with Crippen LogP contribution in [0.3, 0.4) is 0 Å². The molecular formula is C18H27N7O9. The highest BCUT2D eigenvalue weighted by Crippen LogP contribution is 2.03. The number of carbonyl (C=O) groups is 6. The van der Waals surface area contributed by atoms with Crippen LogP contribution in [-0.4, -0.2) is 91.1 Å². The van der Waals surface area contributed by atoms with E-state index in [1.807, 2.05) is 0 Å². The van der Waals surface area contributed by atoms with Gasteiger partial charge in [-0.2, -0.15) is 0 Å². The molecule has 5 atom stereocenters. The molecule has 0 aliphatic carbocycles. The minimum Gasteiger partial charge on any atom is -0.481 e. The smallest absolute Gasteiger partial charge is 0.326 e. The fourth-order valence-corrected chi connectivity index (χ4v) is 2.71. The Morgan fingerprint density at radius 3 is 2.09 bits per heavy atom. The molecule has 0 bridgehead atoms. The molecule has 0 aromatic carbocycles. The zero-order valence-corrected chi connectivity index (χ0v) is 18.1. The molecule has 16 nitrogen and oxygen atoms in total. The summed E-state index contributed by atoms with van der Waals surface area (Å²) < 4.78 is 0. The first kappa shape index (κ1) is 28.0. The van der Waals surface area contributed by atoms with Crippen LogP contribution in [0.1, 0.15) is 25.5 Å². The van der Waals surface area contributed by atoms with Crippen LogP contribution in [0.25, 0.3) is 0 Å². The summed E-state index contributed by atoms with van der Waals surface area (Å²) in [6.07, 6.45) is -0.586. The number of aliphatic carboxylic acids is 2. The van der Waals surface area contributed by atoms with Crippen LogP contribution >= 0.6 is 0 Å². The fraction of sp³-hybridized carbons (Fsp3) is 0.500. The summed E-state index contributed by atoms with van der Waals surface area (Å²) in [5, 5.41) is 34.6. The number of carboxylic acids is 2. The van der Waals surface area contributed by atoms with Crippen molar-refractivity contribution in [3.63, 3.8) is 0 Å². The number of carboxylic acid groups (broad SMARTS) is 2. The topological polar surface area (TPSA) is 280 Å². The average molecular weight is 485 g/mol. The number of nitrogens with two attached hydrogens (primary N) is 2. The largest absolute Gasteiger partial charge is 0.481 e. The lowest BCUT2D eigenvalue weighted by Crippen LogP contribution is -2.60. The van der Waals surface area contributed by atoms with Crippen LogP contribution in [0.5, 0.6) is 0 Å². The van der Waals surface area contributed by atoms with E-state index in [9.17, 15) is 39.0 Å². The van der Waals surface area contributed by atoms with Crippen molar-refractivity contribution in [2.75, 3.05) is 0 Å². The van der Waals surface area contributed by atoms with E-state index >= 15 is 0 Å². The number of imidazole rings is 1. The number of hydrogen-bond donors (Lipinski definition) is 9. The molecule has 16 heteroatoms. The van der Waals surface area contributed by atoms with E-state index in [2.05, 4.69) is 25.9 Å². The number of rotatable bonds is 14. The summed E-state index contributed by atoms with van der Waals surface area (Å²) in [5.41, 5.74) is 10.8. The summed E-state index contributed by atoms with van der Waals surface area (Å²) >= 11 is 0. The Morgan fingerprint density at radius 1 is 1.00 bits per heavy atom. The first-order valence-corrected chi connectivity index (χ1v) is 9.86. The Labute approximate surface area is 192 Å². The highest BCUT2D eigenvalue weighted by Gasteiger charge is 2.33. The molecule has 0 fully saturated rings. The Kier molecular flexibility index (Phi) is 10.6. The number of nitrogens with one attached hydrogen (secondary N) is 4. The predicted octanol–water partition coefficient (Wildman–Crippen LogP) is -4.45. The van der Waals surface area contributed by atoms with Crippen LogP contribution < -0.4 is 27.4 Å². The van der Waals surface area contributed by atoms with E-state index in [0.29, 0.717) is 5.69 Å². The molecule has 1 rings (SSSR count). The van der Waals surface area contributed by atoms with Gasteiger partial charge in [-0.25, -0.2) is 9.78 Å². The van der Waals surface area contributed by atoms with Crippen LogP contribution in [0.15, 0.2) is 12.5 Å². The summed E-state index contributed by atoms with van der Waals surface area (Å²) in [7, 11) is 0. The number of H-pyrrole nitrogens is 1. The lowest BCUT2D eigenvalue weighted by atomic mass is 10.1. The molecule has 11 N–H and O–H groups in total. The Hall–Kier alpha value is -4.05. The van der Waals surface area contributed by atoms with E-state index in [-0.39, 0.29) is 6.42 Å². The van der Waals surface area contributed by atoms with Crippen LogP contribution in [0.2, 0.25) is 0 Å². The number of amides is 4. The van der Waals surface area contributed by atoms with Gasteiger partial charge in [-0.15, -0.1) is 0 Å². The molecule has 0 spiro atoms. The molecular weight excluding hydrogens is 458 g/mol. The predicted molar refractivity (Wildman–Crippen MR) is 111 cm³/mol. The number of hydrogen-bond acceptors (Lipinski definition) is 9. The number of nitrogens with zero attached hydrogens (tertiary/aromatic N) is 1. The molecule has 0 radical (unpaired) electrons. The maximum atomic E-state index is 12.6. The standard InChI is InChI=1S/C18H27N7O9/c1-7(26)14(25-15(30)9(19)3-12(20)27)17(32)23-10(4-13(28)29)16(31)24-11(18(33)34)2-8-5-21-6-22-8/h5-7,9-11,14,26H,2-4,19H2,1H3,(H2,20,27)(H,21,22)(H,23,32)(H,24,31)(H,25,30)(H,28,29)(H,33,34). The second-order valence-electron chi connectivity index (χ2n) is 7.34. The molecule has 0 aliphatic rings. The second-order valence-corrected chi connectivity index (χ2v) is 7.34. The minimum absolute atomic E-state index is 0.209. The number of aromatic nitrogens is 2. The summed E-state index contributed by atoms with van der Waals surface area (Å²) in [5.74, 6) is -7.12. The molecule has 1 aromatic heterocycles. The van der Waals surface area contributed by atoms with Gasteiger partial charge in [-0.1, -0.05) is 0 Å². The van der Waals surface area contributed by atoms with Crippen molar-refractivity contribution in [3.8, 4) is 0 Å². The maximum Gasteiger partial charge on any atom is 0.326 e. The van der Waals surface area contributed by atoms with Crippen molar-refractivity contribution in [2.45, 2.75) is 56.5 Å². The van der Waals surface area contributed by atoms with Gasteiger partial charge in [0.2, 0.25) is 23.6 Å². The molecule has 0 saturated carbocycles. The third kappa shape index (κ3) is 9.21. The van der Waals surface area contributed by atoms with E-state index in [1.165, 1.54) is 12.5 Å². The van der Waals surface area contributed by atoms with Gasteiger partial charge in [-0.3, -0.25) is 24.0 Å². The minimum atomic E-state index is -1.76. The molecule has 0 saturated heterocycles. The van der Waals surface area contributed by atoms with Crippen LogP contribution in [-0.2, 0) is 35.2 Å². The average Bonchev–Trinajstić information content (AvgIpc) is 3.22. The first-order valence-electron chi connectivity index (χ1n) is 9.86. The van der Waals surface area contributed by atoms with E-state index in [1.54, 1.807) is 0 Å². The van der Waals surface area contributed by atoms with Gasteiger partial charge in [0.05, 0.1) is 31.3 Å². The van der Waals surface area contributed by atoms with Crippen LogP contribution in [0, 0.1) is 0 Å². The van der Waals surface area contributed by atoms with Crippen LogP contribution in [0.4, 0.5) is 0 Å². The SMILES string of the molecule is CC(O)C(NC(=O)C(N)CC(N)=O)C(=O)NC(CC(=O)O)C(=O)NC(Cc1cnc[nH]1)C(=O)O. The second kappa shape index (κ2) is 12.9. The molecule has 4 amide bonds. The van der Waals surface area contributed by atoms with Crippen molar-refractivity contribution in [2.24, 2.45) is 11.5 Å². The van der Waals surface area contributed by atoms with Crippen molar-refractivity contribution in [1.82, 2.24) is 25.9 Å². The zero-order chi connectivity index (χ0) is 26.0. The number of primary amides is 1. The van der Waals surface area contributed by atoms with E-state index in [4.69, 9.17) is 16.6 Å². The maximum absolute atomic E-state index is 12.6. The monoisotopic (exact) mass is 485 g/mol. The van der Waals surface area contributed by atoms with Gasteiger partial charge in [-0.05, 0) is 6.92 Å². The van der Waals surface area contributed by atoms with E-state index in [0.717, 1.165) is 6.92 Å². The van der Waals surface area contributed by atoms with Gasteiger partial charge in [0.15, 0.2) is 0 Å². The number of aliphatic hydroxyl groups excluding tert-OH is 1. The molecule has 1 heterocycles. The molecule has 1 aromatic rings. The highest BCUT2D eigenvalue weighted by molar-refractivity contribution is 5.96. The van der Waals surface area contributed by atoms with Crippen molar-refractivity contribution < 1.29 is 44.1 Å². The van der Waals surface area contributed by atoms with Crippen molar-refractivity contribution in [1.29, 1.82) is 0 Å². The molecule has 188 valence electrons. The molecule has 34 heavy (non-hydrogen) atoms. The lowest BCUT2D eigenvalue weighted by Gasteiger charge is -2.25. The number of aliphatic hydroxyl groups is 1. The third-order valence-electron chi connectivity index (χ3n) is 4.43. The van der Waals surface area contributed by atoms with Gasteiger partial charge < -0.3 is 47.7 Å². The van der Waals surface area contributed by atoms with Crippen molar-refractivity contribution >= 4 is 35.6 Å². The van der Waals surface area contributed by atoms with Gasteiger partial charge in [0.1, 0.15) is 18.1 Å². The van der Waals surface area contributed by atoms with Crippen molar-refractivity contribution in [3.05, 3.63) is 18.2 Å². The third-order valence-corrected chi connectivity index (χ3v) is 4.43. The highest BCUT2D eigenvalue weighted by atomic mass is 16.4. The Morgan fingerprint density at radius 2 is 1.62 bits per heavy atom. The molecule has 0 aliphatic heterocycles. The first-order chi connectivity index (χ1) is 15.8. The zero-order valence-electron chi connectivity index (χ0n) is 18.1. The number of carbonyl (C=O) groups excluding carboxylic acids is 4. The summed E-state index contributed by atoms with van der Waals surface area (Å²) in [6.45, 7) is 1.13. The van der Waals surface area contributed by atoms with Gasteiger partial charge in [0, 0.05) is 18.3 Å². The van der Waals surface area contributed by atoms with E-state index < -0.39 is 78.7 Å². The van der Waals surface area contributed by atoms with Gasteiger partial charge >= 0.3 is 11.9 Å². The summed E-state index contributed by atoms with van der Waals surface area (Å²) in [6, 6.07) is -6.36. The normalized spacial score (nSPS) is 15.1. The Bertz CT molecular complexity index is 904. The van der Waals surface area contributed by atoms with Gasteiger partial charge in [0.25, 0.3) is 0 Å². The summed E-state index contributed by atoms with van der Waals surface area (Å²) in [4.78, 5) is 77.3. The quantitative estimate of drug-likeness (QED) is 0.121. The fourth-order valence-electron chi connectivity index (χ4n) is 2.71. The number of aromatic amines is 1. The Balaban J connectivity index is 2.96. The lowest BCUT2D eigenvalue weighted by molar-refractivity contribution is -0.143.